The molecule has 0 heterocycles. The van der Waals surface area contributed by atoms with Crippen LogP contribution >= 0.6 is 0 Å². The number of hydrogen-bond donors (Lipinski definition) is 0. The summed E-state index contributed by atoms with van der Waals surface area (Å²) in [6.45, 7) is 7.59. The van der Waals surface area contributed by atoms with Gasteiger partial charge in [-0.2, -0.15) is 0 Å². The average molecular weight is 920 g/mol. The molecule has 0 aromatic rings. The van der Waals surface area contributed by atoms with Gasteiger partial charge in [0.25, 0.3) is 0 Å². The lowest BCUT2D eigenvalue weighted by molar-refractivity contribution is -0.163. The van der Waals surface area contributed by atoms with E-state index in [2.05, 4.69) is 106 Å². The fraction of sp³-hybridized carbons (Fsp3) is 0.738. The molecular formula is C61H106O5. The van der Waals surface area contributed by atoms with E-state index >= 15 is 0 Å². The third kappa shape index (κ3) is 53.7. The number of esters is 2. The Balaban J connectivity index is 4.28. The topological polar surface area (TPSA) is 61.8 Å². The molecule has 0 aromatic heterocycles. The van der Waals surface area contributed by atoms with E-state index in [4.69, 9.17) is 14.2 Å². The summed E-state index contributed by atoms with van der Waals surface area (Å²) in [4.78, 5) is 25.5. The Labute approximate surface area is 409 Å². The molecule has 0 rings (SSSR count). The number of hydrogen-bond acceptors (Lipinski definition) is 5. The largest absolute Gasteiger partial charge is 0.462 e. The SMILES string of the molecule is CC/C=C\C/C=C\C/C=C\C/C=C\CCCCCCCCCOCC(COC(=O)CCCCCCCCC/C=C\C/C=C\C/C=C\CC)OC(=O)CCCCCCCCCCCCCCC. The zero-order valence-corrected chi connectivity index (χ0v) is 43.7. The molecule has 0 saturated heterocycles. The highest BCUT2D eigenvalue weighted by atomic mass is 16.6. The summed E-state index contributed by atoms with van der Waals surface area (Å²) in [5.41, 5.74) is 0. The lowest BCUT2D eigenvalue weighted by Gasteiger charge is -2.18. The second-order valence-electron chi connectivity index (χ2n) is 18.4. The third-order valence-electron chi connectivity index (χ3n) is 11.9. The van der Waals surface area contributed by atoms with Crippen LogP contribution in [0, 0.1) is 0 Å². The summed E-state index contributed by atoms with van der Waals surface area (Å²) < 4.78 is 17.5. The van der Waals surface area contributed by atoms with Crippen molar-refractivity contribution in [2.24, 2.45) is 0 Å². The van der Waals surface area contributed by atoms with E-state index in [0.717, 1.165) is 96.3 Å². The highest BCUT2D eigenvalue weighted by Gasteiger charge is 2.17. The van der Waals surface area contributed by atoms with Crippen molar-refractivity contribution in [3.05, 3.63) is 85.1 Å². The monoisotopic (exact) mass is 919 g/mol. The van der Waals surface area contributed by atoms with E-state index < -0.39 is 6.10 Å². The number of ether oxygens (including phenoxy) is 3. The number of carbonyl (C=O) groups excluding carboxylic acids is 2. The molecule has 5 nitrogen and oxygen atoms in total. The second-order valence-corrected chi connectivity index (χ2v) is 18.4. The van der Waals surface area contributed by atoms with Crippen LogP contribution in [0.5, 0.6) is 0 Å². The van der Waals surface area contributed by atoms with Crippen molar-refractivity contribution < 1.29 is 23.8 Å². The maximum atomic E-state index is 12.8. The number of rotatable bonds is 51. The van der Waals surface area contributed by atoms with Gasteiger partial charge in [0.2, 0.25) is 0 Å². The van der Waals surface area contributed by atoms with Gasteiger partial charge in [-0.15, -0.1) is 0 Å². The first-order valence-electron chi connectivity index (χ1n) is 28.1. The van der Waals surface area contributed by atoms with Crippen molar-refractivity contribution in [1.29, 1.82) is 0 Å². The summed E-state index contributed by atoms with van der Waals surface area (Å²) in [7, 11) is 0. The fourth-order valence-electron chi connectivity index (χ4n) is 7.81. The molecule has 66 heavy (non-hydrogen) atoms. The molecule has 0 saturated carbocycles. The number of carbonyl (C=O) groups is 2. The van der Waals surface area contributed by atoms with Crippen molar-refractivity contribution >= 4 is 11.9 Å². The lowest BCUT2D eigenvalue weighted by Crippen LogP contribution is -2.30. The predicted molar refractivity (Wildman–Crippen MR) is 288 cm³/mol. The van der Waals surface area contributed by atoms with Crippen molar-refractivity contribution in [1.82, 2.24) is 0 Å². The Morgan fingerprint density at radius 1 is 0.348 bits per heavy atom. The maximum absolute atomic E-state index is 12.8. The van der Waals surface area contributed by atoms with E-state index in [0.29, 0.717) is 19.4 Å². The van der Waals surface area contributed by atoms with Gasteiger partial charge in [-0.05, 0) is 89.9 Å². The van der Waals surface area contributed by atoms with Crippen LogP contribution in [0.2, 0.25) is 0 Å². The summed E-state index contributed by atoms with van der Waals surface area (Å²) in [6.07, 6.45) is 74.5. The van der Waals surface area contributed by atoms with Gasteiger partial charge >= 0.3 is 11.9 Å². The summed E-state index contributed by atoms with van der Waals surface area (Å²) in [5, 5.41) is 0. The second kappa shape index (κ2) is 56.4. The Morgan fingerprint density at radius 2 is 0.682 bits per heavy atom. The number of allylic oxidation sites excluding steroid dienone is 14. The standard InChI is InChI=1S/C61H106O5/c1-4-7-10-13-16-19-22-25-27-29-30-31-33-35-38-41-44-47-50-53-56-64-57-59(66-61(63)55-52-49-46-43-40-36-24-21-18-15-12-9-6-3)58-65-60(62)54-51-48-45-42-39-37-34-32-28-26-23-20-17-14-11-8-5-2/h7-8,10-11,16-17,19-20,25-28,30-31,59H,4-6,9,12-15,18,21-24,29,32-58H2,1-3H3/b10-7-,11-8-,19-16-,20-17-,27-25-,28-26-,31-30-. The molecule has 0 aromatic carbocycles. The highest BCUT2D eigenvalue weighted by Crippen LogP contribution is 2.15. The molecule has 0 bridgehead atoms. The van der Waals surface area contributed by atoms with Crippen molar-refractivity contribution in [2.45, 2.75) is 271 Å². The number of unbranched alkanes of at least 4 members (excludes halogenated alkanes) is 26. The van der Waals surface area contributed by atoms with Gasteiger partial charge in [0.15, 0.2) is 6.10 Å². The average Bonchev–Trinajstić information content (AvgIpc) is 3.32. The first-order valence-corrected chi connectivity index (χ1v) is 28.1. The fourth-order valence-corrected chi connectivity index (χ4v) is 7.81. The summed E-state index contributed by atoms with van der Waals surface area (Å²) in [5.74, 6) is -0.408. The van der Waals surface area contributed by atoms with Gasteiger partial charge in [0.1, 0.15) is 6.61 Å². The molecule has 0 fully saturated rings. The Hall–Kier alpha value is -2.92. The van der Waals surface area contributed by atoms with Crippen LogP contribution in [0.4, 0.5) is 0 Å². The van der Waals surface area contributed by atoms with Gasteiger partial charge in [-0.25, -0.2) is 0 Å². The lowest BCUT2D eigenvalue weighted by atomic mass is 10.0. The Bertz CT molecular complexity index is 1220. The van der Waals surface area contributed by atoms with Gasteiger partial charge in [-0.3, -0.25) is 9.59 Å². The van der Waals surface area contributed by atoms with Crippen LogP contribution in [-0.2, 0) is 23.8 Å². The smallest absolute Gasteiger partial charge is 0.306 e. The molecule has 380 valence electrons. The van der Waals surface area contributed by atoms with E-state index in [-0.39, 0.29) is 25.2 Å². The molecule has 0 spiro atoms. The van der Waals surface area contributed by atoms with Gasteiger partial charge in [0, 0.05) is 19.4 Å². The van der Waals surface area contributed by atoms with Crippen LogP contribution < -0.4 is 0 Å². The van der Waals surface area contributed by atoms with Crippen LogP contribution in [0.1, 0.15) is 265 Å². The quantitative estimate of drug-likeness (QED) is 0.0346. The summed E-state index contributed by atoms with van der Waals surface area (Å²) in [6, 6.07) is 0. The third-order valence-corrected chi connectivity index (χ3v) is 11.9. The molecule has 0 radical (unpaired) electrons. The molecule has 5 heteroatoms. The van der Waals surface area contributed by atoms with Gasteiger partial charge in [0.05, 0.1) is 6.61 Å². The molecule has 0 aliphatic rings. The molecule has 0 N–H and O–H groups in total. The summed E-state index contributed by atoms with van der Waals surface area (Å²) >= 11 is 0. The van der Waals surface area contributed by atoms with Crippen molar-refractivity contribution in [2.75, 3.05) is 19.8 Å². The van der Waals surface area contributed by atoms with Crippen LogP contribution in [0.3, 0.4) is 0 Å². The van der Waals surface area contributed by atoms with E-state index in [1.165, 1.54) is 135 Å². The molecule has 0 amide bonds. The predicted octanol–water partition coefficient (Wildman–Crippen LogP) is 19.2. The molecule has 1 atom stereocenters. The molecule has 0 aliphatic heterocycles. The van der Waals surface area contributed by atoms with Crippen LogP contribution in [0.25, 0.3) is 0 Å². The van der Waals surface area contributed by atoms with Crippen molar-refractivity contribution in [3.63, 3.8) is 0 Å². The minimum absolute atomic E-state index is 0.0745. The minimum Gasteiger partial charge on any atom is -0.462 e. The molecule has 1 unspecified atom stereocenters. The van der Waals surface area contributed by atoms with Crippen LogP contribution in [0.15, 0.2) is 85.1 Å². The van der Waals surface area contributed by atoms with E-state index in [1.54, 1.807) is 0 Å². The first kappa shape index (κ1) is 63.1. The van der Waals surface area contributed by atoms with Gasteiger partial charge < -0.3 is 14.2 Å². The first-order chi connectivity index (χ1) is 32.6. The normalized spacial score (nSPS) is 12.8. The van der Waals surface area contributed by atoms with Gasteiger partial charge in [-0.1, -0.05) is 247 Å². The van der Waals surface area contributed by atoms with Crippen molar-refractivity contribution in [3.8, 4) is 0 Å². The molecular weight excluding hydrogens is 813 g/mol. The van der Waals surface area contributed by atoms with Crippen LogP contribution in [-0.4, -0.2) is 37.9 Å². The van der Waals surface area contributed by atoms with E-state index in [9.17, 15) is 9.59 Å². The highest BCUT2D eigenvalue weighted by molar-refractivity contribution is 5.70. The zero-order valence-electron chi connectivity index (χ0n) is 43.7. The Morgan fingerprint density at radius 3 is 1.09 bits per heavy atom. The Kier molecular flexibility index (Phi) is 53.9. The molecule has 0 aliphatic carbocycles. The zero-order chi connectivity index (χ0) is 47.7. The maximum Gasteiger partial charge on any atom is 0.306 e. The minimum atomic E-state index is -0.548. The van der Waals surface area contributed by atoms with E-state index in [1.807, 2.05) is 0 Å².